The van der Waals surface area contributed by atoms with Crippen molar-refractivity contribution in [1.82, 2.24) is 10.3 Å². The molecule has 0 bridgehead atoms. The fourth-order valence-electron chi connectivity index (χ4n) is 1.97. The summed E-state index contributed by atoms with van der Waals surface area (Å²) in [5.41, 5.74) is 5.90. The Morgan fingerprint density at radius 2 is 2.55 bits per heavy atom. The summed E-state index contributed by atoms with van der Waals surface area (Å²) in [5.74, 6) is -0.153. The SMILES string of the molecule is NCc1nc(C(=O)NCCCOCC2CCCO2)cs1. The minimum absolute atomic E-state index is 0.153. The van der Waals surface area contributed by atoms with Crippen LogP contribution in [0.25, 0.3) is 0 Å². The van der Waals surface area contributed by atoms with E-state index in [0.717, 1.165) is 30.9 Å². The molecule has 2 rings (SSSR count). The van der Waals surface area contributed by atoms with Crippen molar-refractivity contribution >= 4 is 17.2 Å². The Labute approximate surface area is 122 Å². The van der Waals surface area contributed by atoms with Crippen molar-refractivity contribution in [2.45, 2.75) is 31.9 Å². The molecule has 3 N–H and O–H groups in total. The summed E-state index contributed by atoms with van der Waals surface area (Å²) >= 11 is 1.40. The number of aromatic nitrogens is 1. The summed E-state index contributed by atoms with van der Waals surface area (Å²) in [6.07, 6.45) is 3.26. The third kappa shape index (κ3) is 4.82. The Morgan fingerprint density at radius 1 is 1.65 bits per heavy atom. The second kappa shape index (κ2) is 8.31. The highest BCUT2D eigenvalue weighted by atomic mass is 32.1. The van der Waals surface area contributed by atoms with Gasteiger partial charge in [-0.15, -0.1) is 11.3 Å². The molecule has 6 nitrogen and oxygen atoms in total. The maximum absolute atomic E-state index is 11.7. The zero-order chi connectivity index (χ0) is 14.2. The van der Waals surface area contributed by atoms with Crippen LogP contribution in [0.15, 0.2) is 5.38 Å². The predicted molar refractivity (Wildman–Crippen MR) is 76.7 cm³/mol. The van der Waals surface area contributed by atoms with Crippen LogP contribution >= 0.6 is 11.3 Å². The van der Waals surface area contributed by atoms with E-state index in [1.54, 1.807) is 5.38 Å². The Hall–Kier alpha value is -1.02. The highest BCUT2D eigenvalue weighted by molar-refractivity contribution is 7.09. The number of ether oxygens (including phenoxy) is 2. The topological polar surface area (TPSA) is 86.5 Å². The third-order valence-corrected chi connectivity index (χ3v) is 3.91. The molecule has 0 saturated carbocycles. The van der Waals surface area contributed by atoms with Gasteiger partial charge in [-0.05, 0) is 19.3 Å². The number of thiazole rings is 1. The van der Waals surface area contributed by atoms with Crippen LogP contribution in [0.2, 0.25) is 0 Å². The van der Waals surface area contributed by atoms with Crippen LogP contribution in [0, 0.1) is 0 Å². The van der Waals surface area contributed by atoms with E-state index in [1.807, 2.05) is 0 Å². The minimum Gasteiger partial charge on any atom is -0.379 e. The molecule has 0 aliphatic carbocycles. The number of nitrogens with one attached hydrogen (secondary N) is 1. The van der Waals surface area contributed by atoms with Crippen LogP contribution in [-0.4, -0.2) is 43.4 Å². The summed E-state index contributed by atoms with van der Waals surface area (Å²) in [7, 11) is 0. The molecule has 1 aromatic rings. The Kier molecular flexibility index (Phi) is 6.38. The number of nitrogens with two attached hydrogens (primary N) is 1. The smallest absolute Gasteiger partial charge is 0.270 e. The summed E-state index contributed by atoms with van der Waals surface area (Å²) in [5, 5.41) is 5.32. The van der Waals surface area contributed by atoms with Gasteiger partial charge in [0.15, 0.2) is 0 Å². The normalized spacial score (nSPS) is 18.4. The first kappa shape index (κ1) is 15.4. The molecule has 1 aliphatic heterocycles. The molecular formula is C13H21N3O3S. The molecule has 0 aromatic carbocycles. The second-order valence-electron chi connectivity index (χ2n) is 4.65. The molecule has 1 unspecified atom stereocenters. The molecule has 112 valence electrons. The molecule has 2 heterocycles. The zero-order valence-corrected chi connectivity index (χ0v) is 12.3. The van der Waals surface area contributed by atoms with Crippen LogP contribution in [0.5, 0.6) is 0 Å². The molecule has 1 amide bonds. The van der Waals surface area contributed by atoms with Gasteiger partial charge >= 0.3 is 0 Å². The summed E-state index contributed by atoms with van der Waals surface area (Å²) in [6, 6.07) is 0. The molecule has 0 spiro atoms. The maximum Gasteiger partial charge on any atom is 0.270 e. The predicted octanol–water partition coefficient (Wildman–Crippen LogP) is 0.917. The number of nitrogens with zero attached hydrogens (tertiary/aromatic N) is 1. The van der Waals surface area contributed by atoms with Crippen molar-refractivity contribution in [2.24, 2.45) is 5.73 Å². The number of carbonyl (C=O) groups is 1. The maximum atomic E-state index is 11.7. The van der Waals surface area contributed by atoms with E-state index in [2.05, 4.69) is 10.3 Å². The van der Waals surface area contributed by atoms with Crippen LogP contribution in [0.3, 0.4) is 0 Å². The van der Waals surface area contributed by atoms with E-state index in [4.69, 9.17) is 15.2 Å². The van der Waals surface area contributed by atoms with Gasteiger partial charge in [0.05, 0.1) is 12.7 Å². The number of hydrogen-bond acceptors (Lipinski definition) is 6. The standard InChI is InChI=1S/C13H21N3O3S/c14-7-12-16-11(9-20-12)13(17)15-4-2-5-18-8-10-3-1-6-19-10/h9-10H,1-8,14H2,(H,15,17). The van der Waals surface area contributed by atoms with Crippen molar-refractivity contribution in [3.8, 4) is 0 Å². The Bertz CT molecular complexity index is 419. The van der Waals surface area contributed by atoms with Gasteiger partial charge in [-0.1, -0.05) is 0 Å². The minimum atomic E-state index is -0.153. The highest BCUT2D eigenvalue weighted by Crippen LogP contribution is 2.12. The second-order valence-corrected chi connectivity index (χ2v) is 5.59. The van der Waals surface area contributed by atoms with E-state index < -0.39 is 0 Å². The van der Waals surface area contributed by atoms with Gasteiger partial charge in [-0.3, -0.25) is 4.79 Å². The first-order valence-corrected chi connectivity index (χ1v) is 7.79. The largest absolute Gasteiger partial charge is 0.379 e. The Balaban J connectivity index is 1.52. The first-order chi connectivity index (χ1) is 9.79. The summed E-state index contributed by atoms with van der Waals surface area (Å²) < 4.78 is 11.0. The Morgan fingerprint density at radius 3 is 3.25 bits per heavy atom. The fraction of sp³-hybridized carbons (Fsp3) is 0.692. The average Bonchev–Trinajstić information content (AvgIpc) is 3.13. The molecule has 1 atom stereocenters. The van der Waals surface area contributed by atoms with Gasteiger partial charge in [0, 0.05) is 31.7 Å². The number of rotatable bonds is 8. The van der Waals surface area contributed by atoms with Crippen molar-refractivity contribution < 1.29 is 14.3 Å². The lowest BCUT2D eigenvalue weighted by Gasteiger charge is -2.10. The molecule has 7 heteroatoms. The molecule has 0 radical (unpaired) electrons. The van der Waals surface area contributed by atoms with Gasteiger partial charge in [-0.2, -0.15) is 0 Å². The van der Waals surface area contributed by atoms with Crippen LogP contribution < -0.4 is 11.1 Å². The van der Waals surface area contributed by atoms with Crippen molar-refractivity contribution in [3.05, 3.63) is 16.1 Å². The van der Waals surface area contributed by atoms with Gasteiger partial charge in [0.1, 0.15) is 10.7 Å². The number of amides is 1. The average molecular weight is 299 g/mol. The molecule has 1 aliphatic rings. The van der Waals surface area contributed by atoms with E-state index >= 15 is 0 Å². The van der Waals surface area contributed by atoms with Gasteiger partial charge in [-0.25, -0.2) is 4.98 Å². The van der Waals surface area contributed by atoms with Gasteiger partial charge < -0.3 is 20.5 Å². The molecular weight excluding hydrogens is 278 g/mol. The third-order valence-electron chi connectivity index (χ3n) is 3.04. The quantitative estimate of drug-likeness (QED) is 0.697. The van der Waals surface area contributed by atoms with Crippen molar-refractivity contribution in [3.63, 3.8) is 0 Å². The lowest BCUT2D eigenvalue weighted by atomic mass is 10.2. The van der Waals surface area contributed by atoms with Crippen LogP contribution in [0.1, 0.15) is 34.8 Å². The number of hydrogen-bond donors (Lipinski definition) is 2. The summed E-state index contributed by atoms with van der Waals surface area (Å²) in [6.45, 7) is 3.09. The van der Waals surface area contributed by atoms with E-state index in [9.17, 15) is 4.79 Å². The highest BCUT2D eigenvalue weighted by Gasteiger charge is 2.15. The van der Waals surface area contributed by atoms with E-state index in [0.29, 0.717) is 32.0 Å². The molecule has 20 heavy (non-hydrogen) atoms. The zero-order valence-electron chi connectivity index (χ0n) is 11.5. The van der Waals surface area contributed by atoms with Crippen molar-refractivity contribution in [1.29, 1.82) is 0 Å². The fourth-order valence-corrected chi connectivity index (χ4v) is 2.62. The monoisotopic (exact) mass is 299 g/mol. The van der Waals surface area contributed by atoms with Gasteiger partial charge in [0.2, 0.25) is 0 Å². The van der Waals surface area contributed by atoms with E-state index in [-0.39, 0.29) is 12.0 Å². The van der Waals surface area contributed by atoms with Crippen LogP contribution in [-0.2, 0) is 16.0 Å². The first-order valence-electron chi connectivity index (χ1n) is 6.91. The van der Waals surface area contributed by atoms with Gasteiger partial charge in [0.25, 0.3) is 5.91 Å². The molecule has 1 aromatic heterocycles. The lowest BCUT2D eigenvalue weighted by molar-refractivity contribution is 0.0166. The van der Waals surface area contributed by atoms with Crippen LogP contribution in [0.4, 0.5) is 0 Å². The van der Waals surface area contributed by atoms with Crippen molar-refractivity contribution in [2.75, 3.05) is 26.4 Å². The number of carbonyl (C=O) groups excluding carboxylic acids is 1. The summed E-state index contributed by atoms with van der Waals surface area (Å²) in [4.78, 5) is 15.9. The van der Waals surface area contributed by atoms with E-state index in [1.165, 1.54) is 11.3 Å². The lowest BCUT2D eigenvalue weighted by Crippen LogP contribution is -2.26. The molecule has 1 fully saturated rings. The molecule has 1 saturated heterocycles.